The van der Waals surface area contributed by atoms with Gasteiger partial charge in [-0.25, -0.2) is 9.97 Å². The van der Waals surface area contributed by atoms with Gasteiger partial charge in [0.1, 0.15) is 6.33 Å². The monoisotopic (exact) mass is 315 g/mol. The molecule has 1 aromatic heterocycles. The summed E-state index contributed by atoms with van der Waals surface area (Å²) >= 11 is 5.88. The molecule has 22 heavy (non-hydrogen) atoms. The minimum Gasteiger partial charge on any atom is -0.342 e. The van der Waals surface area contributed by atoms with Crippen molar-refractivity contribution in [2.24, 2.45) is 0 Å². The molecule has 1 aliphatic rings. The van der Waals surface area contributed by atoms with Crippen LogP contribution in [0, 0.1) is 0 Å². The Balaban J connectivity index is 1.64. The van der Waals surface area contributed by atoms with E-state index < -0.39 is 0 Å². The molecule has 1 aliphatic heterocycles. The minimum atomic E-state index is 0.168. The van der Waals surface area contributed by atoms with E-state index in [1.807, 2.05) is 35.2 Å². The normalized spacial score (nSPS) is 18.2. The SMILES string of the molecule is O=C(Cc1ccc(Cl)cc1)N1CCC[C@H](c2ccncn2)C1. The van der Waals surface area contributed by atoms with Crippen LogP contribution in [0.4, 0.5) is 0 Å². The highest BCUT2D eigenvalue weighted by Crippen LogP contribution is 2.25. The summed E-state index contributed by atoms with van der Waals surface area (Å²) in [5.74, 6) is 0.479. The molecule has 0 saturated carbocycles. The molecule has 1 fully saturated rings. The Morgan fingerprint density at radius 3 is 2.82 bits per heavy atom. The summed E-state index contributed by atoms with van der Waals surface area (Å²) < 4.78 is 0. The maximum absolute atomic E-state index is 12.5. The second-order valence-electron chi connectivity index (χ2n) is 5.62. The lowest BCUT2D eigenvalue weighted by atomic mass is 9.94. The second-order valence-corrected chi connectivity index (χ2v) is 6.05. The van der Waals surface area contributed by atoms with Crippen molar-refractivity contribution in [2.75, 3.05) is 13.1 Å². The molecule has 1 atom stereocenters. The topological polar surface area (TPSA) is 46.1 Å². The van der Waals surface area contributed by atoms with E-state index in [-0.39, 0.29) is 5.91 Å². The van der Waals surface area contributed by atoms with Crippen molar-refractivity contribution in [2.45, 2.75) is 25.2 Å². The van der Waals surface area contributed by atoms with Crippen LogP contribution in [0.3, 0.4) is 0 Å². The first-order chi connectivity index (χ1) is 10.7. The number of hydrogen-bond acceptors (Lipinski definition) is 3. The Kier molecular flexibility index (Phi) is 4.68. The fraction of sp³-hybridized carbons (Fsp3) is 0.353. The Morgan fingerprint density at radius 1 is 1.27 bits per heavy atom. The van der Waals surface area contributed by atoms with E-state index in [1.165, 1.54) is 0 Å². The molecule has 1 aromatic carbocycles. The van der Waals surface area contributed by atoms with Crippen molar-refractivity contribution in [1.29, 1.82) is 0 Å². The minimum absolute atomic E-state index is 0.168. The number of likely N-dealkylation sites (tertiary alicyclic amines) is 1. The quantitative estimate of drug-likeness (QED) is 0.874. The van der Waals surface area contributed by atoms with Crippen LogP contribution in [0.25, 0.3) is 0 Å². The Hall–Kier alpha value is -1.94. The lowest BCUT2D eigenvalue weighted by Gasteiger charge is -2.32. The molecule has 0 aliphatic carbocycles. The Bertz CT molecular complexity index is 630. The van der Waals surface area contributed by atoms with E-state index >= 15 is 0 Å². The van der Waals surface area contributed by atoms with Crippen molar-refractivity contribution in [3.8, 4) is 0 Å². The van der Waals surface area contributed by atoms with Gasteiger partial charge in [0.05, 0.1) is 6.42 Å². The number of rotatable bonds is 3. The van der Waals surface area contributed by atoms with Gasteiger partial charge in [-0.2, -0.15) is 0 Å². The molecule has 2 heterocycles. The van der Waals surface area contributed by atoms with Gasteiger partial charge in [-0.15, -0.1) is 0 Å². The van der Waals surface area contributed by atoms with Crippen molar-refractivity contribution >= 4 is 17.5 Å². The number of nitrogens with zero attached hydrogens (tertiary/aromatic N) is 3. The molecule has 0 radical (unpaired) electrons. The fourth-order valence-corrected chi connectivity index (χ4v) is 3.00. The van der Waals surface area contributed by atoms with Gasteiger partial charge >= 0.3 is 0 Å². The van der Waals surface area contributed by atoms with Gasteiger partial charge < -0.3 is 4.90 Å². The van der Waals surface area contributed by atoms with Crippen LogP contribution < -0.4 is 0 Å². The highest BCUT2D eigenvalue weighted by atomic mass is 35.5. The standard InChI is InChI=1S/C17H18ClN3O/c18-15-5-3-13(4-6-15)10-17(22)21-9-1-2-14(11-21)16-7-8-19-12-20-16/h3-8,12,14H,1-2,9-11H2/t14-/m0/s1. The first kappa shape index (κ1) is 15.0. The van der Waals surface area contributed by atoms with Gasteiger partial charge in [0.2, 0.25) is 5.91 Å². The number of piperidine rings is 1. The van der Waals surface area contributed by atoms with Crippen LogP contribution in [-0.4, -0.2) is 33.9 Å². The summed E-state index contributed by atoms with van der Waals surface area (Å²) in [6.07, 6.45) is 5.84. The van der Waals surface area contributed by atoms with E-state index in [1.54, 1.807) is 12.5 Å². The first-order valence-corrected chi connectivity index (χ1v) is 7.88. The summed E-state index contributed by atoms with van der Waals surface area (Å²) in [5.41, 5.74) is 2.03. The predicted octanol–water partition coefficient (Wildman–Crippen LogP) is 3.08. The highest BCUT2D eigenvalue weighted by Gasteiger charge is 2.25. The molecular weight excluding hydrogens is 298 g/mol. The molecule has 1 saturated heterocycles. The number of aromatic nitrogens is 2. The van der Waals surface area contributed by atoms with Crippen molar-refractivity contribution in [1.82, 2.24) is 14.9 Å². The predicted molar refractivity (Wildman–Crippen MR) is 85.7 cm³/mol. The van der Waals surface area contributed by atoms with E-state index in [4.69, 9.17) is 11.6 Å². The van der Waals surface area contributed by atoms with Crippen LogP contribution in [0.5, 0.6) is 0 Å². The number of halogens is 1. The third-order valence-corrected chi connectivity index (χ3v) is 4.32. The summed E-state index contributed by atoms with van der Waals surface area (Å²) in [6, 6.07) is 9.41. The number of hydrogen-bond donors (Lipinski definition) is 0. The molecule has 0 N–H and O–H groups in total. The maximum atomic E-state index is 12.5. The molecule has 5 heteroatoms. The van der Waals surface area contributed by atoms with Crippen molar-refractivity contribution in [3.63, 3.8) is 0 Å². The largest absolute Gasteiger partial charge is 0.342 e. The number of carbonyl (C=O) groups excluding carboxylic acids is 1. The van der Waals surface area contributed by atoms with Crippen LogP contribution in [-0.2, 0) is 11.2 Å². The van der Waals surface area contributed by atoms with Crippen LogP contribution >= 0.6 is 11.6 Å². The van der Waals surface area contributed by atoms with Crippen molar-refractivity contribution in [3.05, 3.63) is 59.1 Å². The number of benzene rings is 1. The van der Waals surface area contributed by atoms with Crippen LogP contribution in [0.15, 0.2) is 42.9 Å². The second kappa shape index (κ2) is 6.88. The molecule has 0 bridgehead atoms. The molecule has 4 nitrogen and oxygen atoms in total. The van der Waals surface area contributed by atoms with E-state index in [2.05, 4.69) is 9.97 Å². The molecule has 3 rings (SSSR count). The Labute approximate surface area is 135 Å². The zero-order chi connectivity index (χ0) is 15.4. The average molecular weight is 316 g/mol. The van der Waals surface area contributed by atoms with E-state index in [9.17, 15) is 4.79 Å². The summed E-state index contributed by atoms with van der Waals surface area (Å²) in [6.45, 7) is 1.57. The molecule has 2 aromatic rings. The molecule has 0 unspecified atom stereocenters. The van der Waals surface area contributed by atoms with E-state index in [0.717, 1.165) is 37.2 Å². The van der Waals surface area contributed by atoms with Gasteiger partial charge in [0.25, 0.3) is 0 Å². The van der Waals surface area contributed by atoms with Crippen LogP contribution in [0.1, 0.15) is 30.0 Å². The fourth-order valence-electron chi connectivity index (χ4n) is 2.88. The third-order valence-electron chi connectivity index (χ3n) is 4.07. The summed E-state index contributed by atoms with van der Waals surface area (Å²) in [7, 11) is 0. The first-order valence-electron chi connectivity index (χ1n) is 7.50. The van der Waals surface area contributed by atoms with Gasteiger partial charge in [-0.3, -0.25) is 4.79 Å². The van der Waals surface area contributed by atoms with E-state index in [0.29, 0.717) is 17.4 Å². The highest BCUT2D eigenvalue weighted by molar-refractivity contribution is 6.30. The van der Waals surface area contributed by atoms with Gasteiger partial charge in [-0.05, 0) is 36.6 Å². The smallest absolute Gasteiger partial charge is 0.227 e. The average Bonchev–Trinajstić information content (AvgIpc) is 2.58. The van der Waals surface area contributed by atoms with Crippen molar-refractivity contribution < 1.29 is 4.79 Å². The summed E-state index contributed by atoms with van der Waals surface area (Å²) in [4.78, 5) is 22.7. The molecule has 0 spiro atoms. The number of carbonyl (C=O) groups is 1. The summed E-state index contributed by atoms with van der Waals surface area (Å²) in [5, 5.41) is 0.693. The molecule has 114 valence electrons. The lowest BCUT2D eigenvalue weighted by molar-refractivity contribution is -0.131. The van der Waals surface area contributed by atoms with Gasteiger partial charge in [0, 0.05) is 35.9 Å². The van der Waals surface area contributed by atoms with Crippen LogP contribution in [0.2, 0.25) is 5.02 Å². The third kappa shape index (κ3) is 3.63. The lowest BCUT2D eigenvalue weighted by Crippen LogP contribution is -2.40. The van der Waals surface area contributed by atoms with Gasteiger partial charge in [-0.1, -0.05) is 23.7 Å². The zero-order valence-electron chi connectivity index (χ0n) is 12.3. The maximum Gasteiger partial charge on any atom is 0.227 e. The number of amides is 1. The van der Waals surface area contributed by atoms with Gasteiger partial charge in [0.15, 0.2) is 0 Å². The zero-order valence-corrected chi connectivity index (χ0v) is 13.0. The molecule has 1 amide bonds. The Morgan fingerprint density at radius 2 is 2.09 bits per heavy atom. The molecular formula is C17H18ClN3O.